The normalized spacial score (nSPS) is 12.3. The van der Waals surface area contributed by atoms with Gasteiger partial charge >= 0.3 is 0 Å². The van der Waals surface area contributed by atoms with E-state index in [4.69, 9.17) is 10.5 Å². The van der Waals surface area contributed by atoms with Crippen LogP contribution in [0.4, 0.5) is 0 Å². The van der Waals surface area contributed by atoms with E-state index in [1.54, 1.807) is 0 Å². The monoisotopic (exact) mass is 412 g/mol. The molecule has 0 aliphatic carbocycles. The Morgan fingerprint density at radius 1 is 1.17 bits per heavy atom. The van der Waals surface area contributed by atoms with Gasteiger partial charge in [-0.15, -0.1) is 0 Å². The van der Waals surface area contributed by atoms with Crippen LogP contribution in [0.2, 0.25) is 0 Å². The molecule has 1 aromatic carbocycles. The van der Waals surface area contributed by atoms with Crippen molar-refractivity contribution in [3.05, 3.63) is 66.6 Å². The first-order valence-electron chi connectivity index (χ1n) is 11.3. The lowest BCUT2D eigenvalue weighted by Crippen LogP contribution is -2.38. The highest BCUT2D eigenvalue weighted by atomic mass is 16.5. The third kappa shape index (κ3) is 9.93. The Hall–Kier alpha value is -2.33. The van der Waals surface area contributed by atoms with Gasteiger partial charge in [0.2, 0.25) is 0 Å². The van der Waals surface area contributed by atoms with E-state index in [2.05, 4.69) is 45.2 Å². The summed E-state index contributed by atoms with van der Waals surface area (Å²) in [6.07, 6.45) is 10.9. The van der Waals surface area contributed by atoms with Crippen molar-refractivity contribution in [2.75, 3.05) is 19.6 Å². The number of unbranched alkanes of at least 4 members (excludes halogenated alkanes) is 2. The molecule has 4 nitrogen and oxygen atoms in total. The minimum atomic E-state index is -0.178. The average molecular weight is 413 g/mol. The average Bonchev–Trinajstić information content (AvgIpc) is 2.74. The number of carbonyl (C=O) groups is 1. The number of rotatable bonds is 16. The molecule has 0 bridgehead atoms. The van der Waals surface area contributed by atoms with E-state index in [0.717, 1.165) is 37.7 Å². The largest absolute Gasteiger partial charge is 0.460 e. The first-order valence-corrected chi connectivity index (χ1v) is 11.3. The molecule has 1 aromatic rings. The Kier molecular flexibility index (Phi) is 13.3. The third-order valence-electron chi connectivity index (χ3n) is 5.17. The lowest BCUT2D eigenvalue weighted by Gasteiger charge is -2.29. The zero-order chi connectivity index (χ0) is 22.2. The van der Waals surface area contributed by atoms with Gasteiger partial charge in [0, 0.05) is 13.1 Å². The zero-order valence-electron chi connectivity index (χ0n) is 18.9. The minimum absolute atomic E-state index is 0.112. The predicted molar refractivity (Wildman–Crippen MR) is 128 cm³/mol. The molecule has 0 saturated heterocycles. The molecular weight excluding hydrogens is 372 g/mol. The number of hydrogen-bond acceptors (Lipinski definition) is 3. The molecule has 0 radical (unpaired) electrons. The van der Waals surface area contributed by atoms with Gasteiger partial charge in [0.25, 0.3) is 5.91 Å². The van der Waals surface area contributed by atoms with Crippen molar-refractivity contribution < 1.29 is 9.53 Å². The van der Waals surface area contributed by atoms with Crippen LogP contribution in [0.3, 0.4) is 0 Å². The number of ether oxygens (including phenoxy) is 1. The van der Waals surface area contributed by atoms with E-state index >= 15 is 0 Å². The second kappa shape index (κ2) is 15.5. The molecular formula is C26H40N2O2. The highest BCUT2D eigenvalue weighted by Crippen LogP contribution is 2.20. The second-order valence-corrected chi connectivity index (χ2v) is 7.80. The molecule has 0 aliphatic rings. The van der Waals surface area contributed by atoms with Crippen molar-refractivity contribution in [1.29, 1.82) is 0 Å². The van der Waals surface area contributed by atoms with E-state index in [0.29, 0.717) is 25.6 Å². The predicted octanol–water partition coefficient (Wildman–Crippen LogP) is 5.92. The fourth-order valence-corrected chi connectivity index (χ4v) is 3.66. The van der Waals surface area contributed by atoms with Crippen LogP contribution in [0.15, 0.2) is 61.1 Å². The van der Waals surface area contributed by atoms with Crippen LogP contribution in [0.25, 0.3) is 6.08 Å². The molecule has 0 spiro atoms. The number of benzene rings is 1. The Balaban J connectivity index is 3.11. The van der Waals surface area contributed by atoms with Crippen LogP contribution in [-0.2, 0) is 9.53 Å². The molecule has 0 heterocycles. The smallest absolute Gasteiger partial charge is 0.289 e. The fourth-order valence-electron chi connectivity index (χ4n) is 3.66. The first-order chi connectivity index (χ1) is 14.5. The molecule has 4 heteroatoms. The molecule has 166 valence electrons. The highest BCUT2D eigenvalue weighted by Gasteiger charge is 2.22. The van der Waals surface area contributed by atoms with Crippen molar-refractivity contribution in [3.8, 4) is 0 Å². The lowest BCUT2D eigenvalue weighted by molar-refractivity contribution is -0.130. The Labute approximate surface area is 183 Å². The molecule has 1 atom stereocenters. The van der Waals surface area contributed by atoms with E-state index in [1.807, 2.05) is 23.1 Å². The molecule has 0 fully saturated rings. The fraction of sp³-hybridized carbons (Fsp3) is 0.500. The zero-order valence-corrected chi connectivity index (χ0v) is 18.9. The minimum Gasteiger partial charge on any atom is -0.460 e. The molecule has 0 saturated carbocycles. The van der Waals surface area contributed by atoms with Gasteiger partial charge in [-0.1, -0.05) is 88.2 Å². The summed E-state index contributed by atoms with van der Waals surface area (Å²) in [6.45, 7) is 13.6. The third-order valence-corrected chi connectivity index (χ3v) is 5.17. The van der Waals surface area contributed by atoms with Crippen LogP contribution in [0.5, 0.6) is 0 Å². The maximum atomic E-state index is 13.1. The molecule has 0 aliphatic heterocycles. The number of hydrogen-bond donors (Lipinski definition) is 1. The van der Waals surface area contributed by atoms with Gasteiger partial charge in [-0.3, -0.25) is 4.79 Å². The van der Waals surface area contributed by atoms with Gasteiger partial charge in [-0.25, -0.2) is 0 Å². The maximum absolute atomic E-state index is 13.1. The van der Waals surface area contributed by atoms with Crippen LogP contribution < -0.4 is 5.73 Å². The quantitative estimate of drug-likeness (QED) is 0.208. The van der Waals surface area contributed by atoms with Crippen molar-refractivity contribution in [1.82, 2.24) is 4.90 Å². The van der Waals surface area contributed by atoms with E-state index in [9.17, 15) is 4.79 Å². The molecule has 1 rings (SSSR count). The Bertz CT molecular complexity index is 661. The molecule has 1 unspecified atom stereocenters. The van der Waals surface area contributed by atoms with Crippen molar-refractivity contribution in [3.63, 3.8) is 0 Å². The number of nitrogens with two attached hydrogens (primary N) is 1. The number of nitrogens with zero attached hydrogens (tertiary/aromatic N) is 1. The van der Waals surface area contributed by atoms with Crippen LogP contribution in [0.1, 0.15) is 64.4 Å². The van der Waals surface area contributed by atoms with Crippen LogP contribution >= 0.6 is 0 Å². The summed E-state index contributed by atoms with van der Waals surface area (Å²) in [6, 6.07) is 10.3. The van der Waals surface area contributed by atoms with E-state index in [1.165, 1.54) is 24.7 Å². The van der Waals surface area contributed by atoms with Gasteiger partial charge in [-0.2, -0.15) is 0 Å². The molecule has 2 N–H and O–H groups in total. The van der Waals surface area contributed by atoms with Gasteiger partial charge < -0.3 is 15.4 Å². The van der Waals surface area contributed by atoms with Crippen LogP contribution in [0, 0.1) is 5.92 Å². The highest BCUT2D eigenvalue weighted by molar-refractivity contribution is 5.91. The molecule has 0 aromatic heterocycles. The van der Waals surface area contributed by atoms with Crippen molar-refractivity contribution in [2.45, 2.75) is 58.8 Å². The summed E-state index contributed by atoms with van der Waals surface area (Å²) in [5, 5.41) is 0. The van der Waals surface area contributed by atoms with E-state index < -0.39 is 0 Å². The van der Waals surface area contributed by atoms with Crippen molar-refractivity contribution >= 4 is 12.0 Å². The Morgan fingerprint density at radius 3 is 2.50 bits per heavy atom. The van der Waals surface area contributed by atoms with Gasteiger partial charge in [0.1, 0.15) is 0 Å². The second-order valence-electron chi connectivity index (χ2n) is 7.80. The molecule has 30 heavy (non-hydrogen) atoms. The van der Waals surface area contributed by atoms with Gasteiger partial charge in [0.15, 0.2) is 5.76 Å². The standard InChI is InChI=1S/C26H40N2O2/c1-5-8-10-16-25(19-23-14-11-9-12-15-23)21-28(26(29)22(4)30-7-3)20-24(13-6-2)17-18-27/h7,9,11-12,14-15,19,24H,3-6,8,10,13,16-18,20-21,27H2,1-2H3/b25-19+. The van der Waals surface area contributed by atoms with Crippen molar-refractivity contribution in [2.24, 2.45) is 11.7 Å². The number of carbonyl (C=O) groups excluding carboxylic acids is 1. The van der Waals surface area contributed by atoms with Crippen LogP contribution in [-0.4, -0.2) is 30.4 Å². The summed E-state index contributed by atoms with van der Waals surface area (Å²) < 4.78 is 5.22. The summed E-state index contributed by atoms with van der Waals surface area (Å²) in [5.41, 5.74) is 8.24. The molecule has 1 amide bonds. The van der Waals surface area contributed by atoms with E-state index in [-0.39, 0.29) is 11.7 Å². The van der Waals surface area contributed by atoms with Gasteiger partial charge in [0.05, 0.1) is 6.26 Å². The SMILES string of the molecule is C=COC(=C)C(=O)N(C/C(=C/c1ccccc1)CCCCC)CC(CCC)CCN. The summed E-state index contributed by atoms with van der Waals surface area (Å²) >= 11 is 0. The first kappa shape index (κ1) is 25.7. The number of amides is 1. The maximum Gasteiger partial charge on any atom is 0.289 e. The topological polar surface area (TPSA) is 55.6 Å². The summed E-state index contributed by atoms with van der Waals surface area (Å²) in [4.78, 5) is 15.0. The lowest BCUT2D eigenvalue weighted by atomic mass is 9.98. The summed E-state index contributed by atoms with van der Waals surface area (Å²) in [5.74, 6) is 0.303. The Morgan fingerprint density at radius 2 is 1.90 bits per heavy atom. The summed E-state index contributed by atoms with van der Waals surface area (Å²) in [7, 11) is 0. The van der Waals surface area contributed by atoms with Gasteiger partial charge in [-0.05, 0) is 43.7 Å².